The number of hydrogen-bond donors (Lipinski definition) is 1. The van der Waals surface area contributed by atoms with Gasteiger partial charge < -0.3 is 5.32 Å². The van der Waals surface area contributed by atoms with Crippen LogP contribution in [0, 0.1) is 10.1 Å². The predicted molar refractivity (Wildman–Crippen MR) is 117 cm³/mol. The van der Waals surface area contributed by atoms with Gasteiger partial charge in [-0.3, -0.25) is 10.1 Å². The van der Waals surface area contributed by atoms with Gasteiger partial charge in [-0.1, -0.05) is 48.5 Å². The smallest absolute Gasteiger partial charge is 0.270 e. The molecule has 0 spiro atoms. The number of anilines is 2. The third kappa shape index (κ3) is 3.07. The van der Waals surface area contributed by atoms with Crippen molar-refractivity contribution in [2.24, 2.45) is 0 Å². The van der Waals surface area contributed by atoms with Crippen LogP contribution in [0.25, 0.3) is 32.1 Å². The molecule has 140 valence electrons. The maximum Gasteiger partial charge on any atom is 0.270 e. The van der Waals surface area contributed by atoms with Gasteiger partial charge in [-0.05, 0) is 17.0 Å². The molecule has 0 aliphatic carbocycles. The normalized spacial score (nSPS) is 11.0. The van der Waals surface area contributed by atoms with Crippen LogP contribution in [0.1, 0.15) is 0 Å². The van der Waals surface area contributed by atoms with Crippen LogP contribution in [0.15, 0.2) is 78.4 Å². The molecule has 0 fully saturated rings. The van der Waals surface area contributed by atoms with Gasteiger partial charge in [0.1, 0.15) is 17.0 Å². The summed E-state index contributed by atoms with van der Waals surface area (Å²) < 4.78 is 0. The zero-order valence-corrected chi connectivity index (χ0v) is 15.9. The summed E-state index contributed by atoms with van der Waals surface area (Å²) >= 11 is 1.49. The predicted octanol–water partition coefficient (Wildman–Crippen LogP) is 6.16. The van der Waals surface area contributed by atoms with E-state index in [2.05, 4.69) is 33.5 Å². The van der Waals surface area contributed by atoms with E-state index in [9.17, 15) is 10.1 Å². The number of fused-ring (bicyclic) bond motifs is 2. The van der Waals surface area contributed by atoms with Gasteiger partial charge in [0.2, 0.25) is 0 Å². The highest BCUT2D eigenvalue weighted by molar-refractivity contribution is 7.17. The first-order valence-corrected chi connectivity index (χ1v) is 9.80. The minimum atomic E-state index is -0.385. The number of benzene rings is 3. The quantitative estimate of drug-likeness (QED) is 0.289. The summed E-state index contributed by atoms with van der Waals surface area (Å²) in [5.41, 5.74) is 2.64. The molecule has 29 heavy (non-hydrogen) atoms. The van der Waals surface area contributed by atoms with Crippen molar-refractivity contribution in [2.75, 3.05) is 5.32 Å². The first kappa shape index (κ1) is 17.3. The number of nitro groups is 1. The first-order chi connectivity index (χ1) is 14.2. The van der Waals surface area contributed by atoms with Gasteiger partial charge in [0.25, 0.3) is 5.69 Å². The summed E-state index contributed by atoms with van der Waals surface area (Å²) in [5, 5.41) is 19.7. The fourth-order valence-electron chi connectivity index (χ4n) is 3.43. The molecule has 0 aliphatic rings. The molecule has 5 rings (SSSR count). The van der Waals surface area contributed by atoms with Crippen molar-refractivity contribution in [1.29, 1.82) is 0 Å². The number of rotatable bonds is 4. The number of nitro benzene ring substituents is 1. The Morgan fingerprint density at radius 2 is 1.79 bits per heavy atom. The monoisotopic (exact) mass is 398 g/mol. The Bertz CT molecular complexity index is 1370. The lowest BCUT2D eigenvalue weighted by atomic mass is 10.0. The van der Waals surface area contributed by atoms with Gasteiger partial charge in [0, 0.05) is 34.1 Å². The number of non-ortho nitro benzene ring substituents is 1. The molecule has 1 N–H and O–H groups in total. The lowest BCUT2D eigenvalue weighted by Gasteiger charge is -2.11. The van der Waals surface area contributed by atoms with E-state index >= 15 is 0 Å². The van der Waals surface area contributed by atoms with Crippen LogP contribution < -0.4 is 5.32 Å². The number of aromatic nitrogens is 2. The fourth-order valence-corrected chi connectivity index (χ4v) is 4.35. The molecule has 0 bridgehead atoms. The Morgan fingerprint density at radius 1 is 0.966 bits per heavy atom. The average Bonchev–Trinajstić information content (AvgIpc) is 3.19. The van der Waals surface area contributed by atoms with E-state index < -0.39 is 0 Å². The van der Waals surface area contributed by atoms with E-state index in [0.717, 1.165) is 37.8 Å². The Kier molecular flexibility index (Phi) is 4.14. The molecule has 7 heteroatoms. The molecule has 0 saturated carbocycles. The summed E-state index contributed by atoms with van der Waals surface area (Å²) in [6.45, 7) is 0. The Balaban J connectivity index is 1.67. The molecule has 5 aromatic rings. The Labute approximate surface area is 169 Å². The van der Waals surface area contributed by atoms with E-state index in [4.69, 9.17) is 0 Å². The van der Waals surface area contributed by atoms with Crippen LogP contribution in [0.2, 0.25) is 0 Å². The average molecular weight is 398 g/mol. The van der Waals surface area contributed by atoms with E-state index in [0.29, 0.717) is 5.82 Å². The number of nitrogens with one attached hydrogen (secondary N) is 1. The van der Waals surface area contributed by atoms with E-state index in [1.165, 1.54) is 23.7 Å². The van der Waals surface area contributed by atoms with Gasteiger partial charge in [-0.2, -0.15) is 0 Å². The van der Waals surface area contributed by atoms with E-state index in [1.807, 2.05) is 35.7 Å². The first-order valence-electron chi connectivity index (χ1n) is 8.92. The minimum absolute atomic E-state index is 0.0577. The Morgan fingerprint density at radius 3 is 2.69 bits per heavy atom. The van der Waals surface area contributed by atoms with Crippen LogP contribution in [-0.4, -0.2) is 14.9 Å². The van der Waals surface area contributed by atoms with Crippen LogP contribution in [0.3, 0.4) is 0 Å². The largest absolute Gasteiger partial charge is 0.339 e. The number of hydrogen-bond acceptors (Lipinski definition) is 6. The van der Waals surface area contributed by atoms with E-state index in [-0.39, 0.29) is 10.6 Å². The maximum absolute atomic E-state index is 11.2. The molecule has 2 aromatic heterocycles. The lowest BCUT2D eigenvalue weighted by molar-refractivity contribution is -0.384. The maximum atomic E-state index is 11.2. The lowest BCUT2D eigenvalue weighted by Crippen LogP contribution is -1.96. The van der Waals surface area contributed by atoms with Gasteiger partial charge in [-0.15, -0.1) is 11.3 Å². The van der Waals surface area contributed by atoms with Crippen molar-refractivity contribution >= 4 is 49.5 Å². The van der Waals surface area contributed by atoms with Crippen molar-refractivity contribution < 1.29 is 4.92 Å². The summed E-state index contributed by atoms with van der Waals surface area (Å²) in [6.07, 6.45) is 1.53. The molecular weight excluding hydrogens is 384 g/mol. The fraction of sp³-hybridized carbons (Fsp3) is 0. The molecule has 0 atom stereocenters. The highest BCUT2D eigenvalue weighted by Crippen LogP contribution is 2.39. The summed E-state index contributed by atoms with van der Waals surface area (Å²) in [5.74, 6) is 0.675. The van der Waals surface area contributed by atoms with Crippen LogP contribution in [-0.2, 0) is 0 Å². The minimum Gasteiger partial charge on any atom is -0.339 e. The van der Waals surface area contributed by atoms with Crippen molar-refractivity contribution in [3.05, 3.63) is 88.6 Å². The van der Waals surface area contributed by atoms with Crippen molar-refractivity contribution in [2.45, 2.75) is 0 Å². The van der Waals surface area contributed by atoms with Crippen molar-refractivity contribution in [3.8, 4) is 11.1 Å². The second-order valence-electron chi connectivity index (χ2n) is 6.51. The molecule has 0 saturated heterocycles. The summed E-state index contributed by atoms with van der Waals surface area (Å²) in [7, 11) is 0. The number of nitrogens with zero attached hydrogens (tertiary/aromatic N) is 3. The van der Waals surface area contributed by atoms with Gasteiger partial charge >= 0.3 is 0 Å². The highest BCUT2D eigenvalue weighted by Gasteiger charge is 2.16. The molecule has 0 radical (unpaired) electrons. The third-order valence-electron chi connectivity index (χ3n) is 4.78. The summed E-state index contributed by atoms with van der Waals surface area (Å²) in [4.78, 5) is 20.5. The zero-order valence-electron chi connectivity index (χ0n) is 15.1. The molecule has 2 heterocycles. The van der Waals surface area contributed by atoms with E-state index in [1.54, 1.807) is 12.1 Å². The van der Waals surface area contributed by atoms with Gasteiger partial charge in [-0.25, -0.2) is 9.97 Å². The SMILES string of the molecule is O=[N+]([O-])c1cccc(-c2csc3ncnc(Nc4cccc5ccccc45)c23)c1. The third-order valence-corrected chi connectivity index (χ3v) is 5.67. The standard InChI is InChI=1S/C22H14N4O2S/c27-26(28)16-8-3-7-15(11-16)18-12-29-22-20(18)21(23-13-24-22)25-19-10-4-6-14-5-1-2-9-17(14)19/h1-13H,(H,23,24,25). The zero-order chi connectivity index (χ0) is 19.8. The van der Waals surface area contributed by atoms with Crippen molar-refractivity contribution in [1.82, 2.24) is 9.97 Å². The molecule has 0 aliphatic heterocycles. The molecular formula is C22H14N4O2S. The van der Waals surface area contributed by atoms with Crippen LogP contribution >= 0.6 is 11.3 Å². The molecule has 6 nitrogen and oxygen atoms in total. The topological polar surface area (TPSA) is 81.0 Å². The molecule has 0 unspecified atom stereocenters. The van der Waals surface area contributed by atoms with Gasteiger partial charge in [0.15, 0.2) is 0 Å². The second-order valence-corrected chi connectivity index (χ2v) is 7.37. The van der Waals surface area contributed by atoms with Gasteiger partial charge in [0.05, 0.1) is 10.3 Å². The Hall–Kier alpha value is -3.84. The molecule has 3 aromatic carbocycles. The van der Waals surface area contributed by atoms with Crippen LogP contribution in [0.4, 0.5) is 17.2 Å². The summed E-state index contributed by atoms with van der Waals surface area (Å²) in [6, 6.07) is 20.8. The molecule has 0 amide bonds. The van der Waals surface area contributed by atoms with Crippen molar-refractivity contribution in [3.63, 3.8) is 0 Å². The van der Waals surface area contributed by atoms with Crippen LogP contribution in [0.5, 0.6) is 0 Å². The second kappa shape index (κ2) is 6.96. The number of thiophene rings is 1. The highest BCUT2D eigenvalue weighted by atomic mass is 32.1.